The molecule has 3 rings (SSSR count). The first-order valence-electron chi connectivity index (χ1n) is 8.01. The minimum Gasteiger partial charge on any atom is -0.497 e. The van der Waals surface area contributed by atoms with Crippen molar-refractivity contribution in [2.75, 3.05) is 33.9 Å². The minimum absolute atomic E-state index is 0.626. The van der Waals surface area contributed by atoms with Gasteiger partial charge >= 0.3 is 6.16 Å². The molecule has 0 atom stereocenters. The highest BCUT2D eigenvalue weighted by Crippen LogP contribution is 2.24. The van der Waals surface area contributed by atoms with E-state index in [0.29, 0.717) is 12.3 Å². The molecule has 1 aliphatic heterocycles. The van der Waals surface area contributed by atoms with E-state index in [1.165, 1.54) is 18.1 Å². The third-order valence-electron chi connectivity index (χ3n) is 4.25. The van der Waals surface area contributed by atoms with Crippen LogP contribution in [0.3, 0.4) is 0 Å². The van der Waals surface area contributed by atoms with E-state index in [1.807, 2.05) is 18.2 Å². The number of ether oxygens (including phenoxy) is 3. The largest absolute Gasteiger partial charge is 0.513 e. The lowest BCUT2D eigenvalue weighted by molar-refractivity contribution is 0.0874. The van der Waals surface area contributed by atoms with Crippen LogP contribution in [0, 0.1) is 0 Å². The Morgan fingerprint density at radius 3 is 3.00 bits per heavy atom. The quantitative estimate of drug-likeness (QED) is 0.854. The molecular weight excluding hydrogens is 308 g/mol. The van der Waals surface area contributed by atoms with Crippen molar-refractivity contribution in [3.8, 4) is 5.75 Å². The van der Waals surface area contributed by atoms with E-state index in [2.05, 4.69) is 26.9 Å². The number of aromatic nitrogens is 1. The van der Waals surface area contributed by atoms with Crippen LogP contribution >= 0.6 is 0 Å². The summed E-state index contributed by atoms with van der Waals surface area (Å²) in [7, 11) is 2.99. The number of rotatable bonds is 5. The zero-order valence-corrected chi connectivity index (χ0v) is 14.0. The molecule has 1 N–H and O–H groups in total. The standard InChI is InChI=1S/C18H22N2O4/c1-22-14-5-6-17-16(10-14)13(11-19-17)7-9-20-8-3-4-15(12-20)24-18(21)23-2/h4-6,10-11,19H,3,7-9,12H2,1-2H3. The number of benzene rings is 1. The van der Waals surface area contributed by atoms with Crippen LogP contribution in [0.25, 0.3) is 10.9 Å². The second kappa shape index (κ2) is 7.40. The fourth-order valence-electron chi connectivity index (χ4n) is 2.96. The van der Waals surface area contributed by atoms with Gasteiger partial charge in [0, 0.05) is 30.2 Å². The number of nitrogens with one attached hydrogen (secondary N) is 1. The topological polar surface area (TPSA) is 63.8 Å². The van der Waals surface area contributed by atoms with Gasteiger partial charge < -0.3 is 19.2 Å². The molecule has 0 spiro atoms. The summed E-state index contributed by atoms with van der Waals surface area (Å²) < 4.78 is 15.0. The number of fused-ring (bicyclic) bond motifs is 1. The van der Waals surface area contributed by atoms with E-state index < -0.39 is 6.16 Å². The fourth-order valence-corrected chi connectivity index (χ4v) is 2.96. The van der Waals surface area contributed by atoms with E-state index in [9.17, 15) is 4.79 Å². The molecule has 6 heteroatoms. The smallest absolute Gasteiger partial charge is 0.497 e. The summed E-state index contributed by atoms with van der Waals surface area (Å²) in [6.07, 6.45) is 5.12. The minimum atomic E-state index is -0.660. The predicted octanol–water partition coefficient (Wildman–Crippen LogP) is 3.09. The normalized spacial score (nSPS) is 15.2. The maximum Gasteiger partial charge on any atom is 0.513 e. The molecule has 0 fully saturated rings. The summed E-state index contributed by atoms with van der Waals surface area (Å²) in [5.41, 5.74) is 2.37. The van der Waals surface area contributed by atoms with Crippen LogP contribution in [0.15, 0.2) is 36.2 Å². The number of aromatic amines is 1. The van der Waals surface area contributed by atoms with Crippen molar-refractivity contribution in [3.63, 3.8) is 0 Å². The fraction of sp³-hybridized carbons (Fsp3) is 0.389. The number of carbonyl (C=O) groups excluding carboxylic acids is 1. The van der Waals surface area contributed by atoms with Gasteiger partial charge in [-0.3, -0.25) is 4.90 Å². The van der Waals surface area contributed by atoms with Gasteiger partial charge in [-0.2, -0.15) is 0 Å². The first-order valence-corrected chi connectivity index (χ1v) is 8.01. The average Bonchev–Trinajstić information content (AvgIpc) is 3.02. The molecular formula is C18H22N2O4. The first kappa shape index (κ1) is 16.4. The number of hydrogen-bond donors (Lipinski definition) is 1. The molecule has 0 aliphatic carbocycles. The van der Waals surface area contributed by atoms with Gasteiger partial charge in [-0.1, -0.05) is 0 Å². The second-order valence-corrected chi connectivity index (χ2v) is 5.77. The van der Waals surface area contributed by atoms with Crippen LogP contribution in [0.2, 0.25) is 0 Å². The van der Waals surface area contributed by atoms with Crippen molar-refractivity contribution < 1.29 is 19.0 Å². The molecule has 0 amide bonds. The Morgan fingerprint density at radius 1 is 1.33 bits per heavy atom. The Hall–Kier alpha value is -2.47. The Bertz CT molecular complexity index is 751. The molecule has 0 saturated heterocycles. The van der Waals surface area contributed by atoms with Crippen molar-refractivity contribution >= 4 is 17.1 Å². The van der Waals surface area contributed by atoms with Gasteiger partial charge in [0.05, 0.1) is 20.8 Å². The van der Waals surface area contributed by atoms with Gasteiger partial charge in [0.25, 0.3) is 0 Å². The van der Waals surface area contributed by atoms with Gasteiger partial charge in [-0.25, -0.2) is 4.79 Å². The number of H-pyrrole nitrogens is 1. The molecule has 0 unspecified atom stereocenters. The molecule has 2 heterocycles. The Kier molecular flexibility index (Phi) is 5.05. The van der Waals surface area contributed by atoms with Gasteiger partial charge in [0.15, 0.2) is 0 Å². The van der Waals surface area contributed by atoms with Crippen LogP contribution in [0.4, 0.5) is 4.79 Å². The number of hydrogen-bond acceptors (Lipinski definition) is 5. The number of nitrogens with zero attached hydrogens (tertiary/aromatic N) is 1. The summed E-state index contributed by atoms with van der Waals surface area (Å²) in [4.78, 5) is 16.8. The van der Waals surface area contributed by atoms with Crippen LogP contribution in [-0.2, 0) is 15.9 Å². The summed E-state index contributed by atoms with van der Waals surface area (Å²) >= 11 is 0. The molecule has 128 valence electrons. The maximum atomic E-state index is 11.2. The highest BCUT2D eigenvalue weighted by atomic mass is 16.7. The first-order chi connectivity index (χ1) is 11.7. The van der Waals surface area contributed by atoms with Gasteiger partial charge in [-0.05, 0) is 42.7 Å². The molecule has 1 aromatic carbocycles. The zero-order valence-electron chi connectivity index (χ0n) is 14.0. The Labute approximate surface area is 141 Å². The van der Waals surface area contributed by atoms with Crippen LogP contribution in [-0.4, -0.2) is 49.9 Å². The Balaban J connectivity index is 1.62. The van der Waals surface area contributed by atoms with Crippen LogP contribution in [0.1, 0.15) is 12.0 Å². The second-order valence-electron chi connectivity index (χ2n) is 5.77. The van der Waals surface area contributed by atoms with E-state index in [0.717, 1.165) is 37.2 Å². The zero-order chi connectivity index (χ0) is 16.9. The van der Waals surface area contributed by atoms with E-state index in [1.54, 1.807) is 7.11 Å². The third-order valence-corrected chi connectivity index (χ3v) is 4.25. The molecule has 6 nitrogen and oxygen atoms in total. The number of methoxy groups -OCH3 is 2. The van der Waals surface area contributed by atoms with Crippen LogP contribution < -0.4 is 4.74 Å². The van der Waals surface area contributed by atoms with E-state index in [-0.39, 0.29) is 0 Å². The van der Waals surface area contributed by atoms with Crippen molar-refractivity contribution in [3.05, 3.63) is 41.8 Å². The third kappa shape index (κ3) is 3.71. The van der Waals surface area contributed by atoms with Crippen molar-refractivity contribution in [1.82, 2.24) is 9.88 Å². The highest BCUT2D eigenvalue weighted by Gasteiger charge is 2.17. The summed E-state index contributed by atoms with van der Waals surface area (Å²) in [5.74, 6) is 1.52. The molecule has 0 saturated carbocycles. The molecule has 0 radical (unpaired) electrons. The van der Waals surface area contributed by atoms with E-state index >= 15 is 0 Å². The molecule has 0 bridgehead atoms. The molecule has 2 aromatic rings. The van der Waals surface area contributed by atoms with Crippen LogP contribution in [0.5, 0.6) is 5.75 Å². The van der Waals surface area contributed by atoms with Gasteiger partial charge in [0.1, 0.15) is 11.5 Å². The maximum absolute atomic E-state index is 11.2. The van der Waals surface area contributed by atoms with Crippen molar-refractivity contribution in [1.29, 1.82) is 0 Å². The number of carbonyl (C=O) groups is 1. The van der Waals surface area contributed by atoms with Crippen molar-refractivity contribution in [2.24, 2.45) is 0 Å². The lowest BCUT2D eigenvalue weighted by Gasteiger charge is -2.26. The summed E-state index contributed by atoms with van der Waals surface area (Å²) in [5, 5.41) is 1.19. The van der Waals surface area contributed by atoms with Crippen molar-refractivity contribution in [2.45, 2.75) is 12.8 Å². The average molecular weight is 330 g/mol. The Morgan fingerprint density at radius 2 is 2.21 bits per heavy atom. The molecule has 24 heavy (non-hydrogen) atoms. The lowest BCUT2D eigenvalue weighted by Crippen LogP contribution is -2.33. The SMILES string of the molecule is COC(=O)OC1=CCCN(CCc2c[nH]c3ccc(OC)cc23)C1. The van der Waals surface area contributed by atoms with Gasteiger partial charge in [-0.15, -0.1) is 0 Å². The summed E-state index contributed by atoms with van der Waals surface area (Å²) in [6, 6.07) is 6.04. The molecule has 1 aromatic heterocycles. The highest BCUT2D eigenvalue weighted by molar-refractivity contribution is 5.84. The monoisotopic (exact) mass is 330 g/mol. The predicted molar refractivity (Wildman–Crippen MR) is 91.2 cm³/mol. The van der Waals surface area contributed by atoms with E-state index in [4.69, 9.17) is 9.47 Å². The lowest BCUT2D eigenvalue weighted by atomic mass is 10.1. The summed E-state index contributed by atoms with van der Waals surface area (Å²) in [6.45, 7) is 2.48. The molecule has 1 aliphatic rings. The van der Waals surface area contributed by atoms with Gasteiger partial charge in [0.2, 0.25) is 0 Å².